The lowest BCUT2D eigenvalue weighted by molar-refractivity contribution is -0.595. The van der Waals surface area contributed by atoms with Crippen molar-refractivity contribution in [1.82, 2.24) is 4.57 Å². The standard InChI is InChI=1S/C19H21N2/c1-14-8-5-6-11-17(14)18-12-21(13-20(18)4)19-15(2)9-7-10-16(19)3/h5-13H,1-4H3/q+1. The smallest absolute Gasteiger partial charge is 0.232 e. The topological polar surface area (TPSA) is 8.81 Å². The summed E-state index contributed by atoms with van der Waals surface area (Å²) in [6, 6.07) is 15.0. The molecule has 0 saturated heterocycles. The molecule has 3 rings (SSSR count). The fourth-order valence-corrected chi connectivity index (χ4v) is 2.96. The molecule has 2 nitrogen and oxygen atoms in total. The van der Waals surface area contributed by atoms with Crippen LogP contribution in [0.2, 0.25) is 0 Å². The first-order chi connectivity index (χ1) is 10.1. The zero-order valence-corrected chi connectivity index (χ0v) is 13.1. The molecule has 106 valence electrons. The molecule has 2 heteroatoms. The molecular formula is C19H21N2+. The van der Waals surface area contributed by atoms with Crippen molar-refractivity contribution in [2.45, 2.75) is 20.8 Å². The van der Waals surface area contributed by atoms with E-state index >= 15 is 0 Å². The molecule has 0 fully saturated rings. The number of aryl methyl sites for hydroxylation is 4. The van der Waals surface area contributed by atoms with E-state index in [-0.39, 0.29) is 0 Å². The Hall–Kier alpha value is -2.35. The van der Waals surface area contributed by atoms with Gasteiger partial charge in [-0.25, -0.2) is 9.13 Å². The highest BCUT2D eigenvalue weighted by Gasteiger charge is 2.17. The highest BCUT2D eigenvalue weighted by atomic mass is 15.1. The number of hydrogen-bond donors (Lipinski definition) is 0. The van der Waals surface area contributed by atoms with Crippen LogP contribution in [0.1, 0.15) is 16.7 Å². The number of benzene rings is 2. The van der Waals surface area contributed by atoms with Gasteiger partial charge in [0.05, 0.1) is 7.05 Å². The third kappa shape index (κ3) is 2.38. The second-order valence-corrected chi connectivity index (χ2v) is 5.70. The predicted molar refractivity (Wildman–Crippen MR) is 86.6 cm³/mol. The fourth-order valence-electron chi connectivity index (χ4n) is 2.96. The molecule has 0 bridgehead atoms. The molecule has 1 heterocycles. The first-order valence-corrected chi connectivity index (χ1v) is 7.28. The van der Waals surface area contributed by atoms with Crippen LogP contribution in [0.5, 0.6) is 0 Å². The van der Waals surface area contributed by atoms with Crippen LogP contribution in [0.25, 0.3) is 16.9 Å². The maximum Gasteiger partial charge on any atom is 0.249 e. The summed E-state index contributed by atoms with van der Waals surface area (Å²) in [5.41, 5.74) is 7.67. The van der Waals surface area contributed by atoms with Crippen LogP contribution < -0.4 is 4.57 Å². The van der Waals surface area contributed by atoms with E-state index in [0.29, 0.717) is 0 Å². The largest absolute Gasteiger partial charge is 0.249 e. The summed E-state index contributed by atoms with van der Waals surface area (Å²) in [6.07, 6.45) is 4.37. The van der Waals surface area contributed by atoms with Gasteiger partial charge in [0.2, 0.25) is 6.33 Å². The normalized spacial score (nSPS) is 10.9. The number of rotatable bonds is 2. The summed E-state index contributed by atoms with van der Waals surface area (Å²) in [6.45, 7) is 6.48. The van der Waals surface area contributed by atoms with Crippen LogP contribution in [-0.4, -0.2) is 4.57 Å². The van der Waals surface area contributed by atoms with E-state index in [1.165, 1.54) is 33.6 Å². The SMILES string of the molecule is Cc1ccccc1-c1c[n+](-c2c(C)cccc2C)cn1C. The molecule has 0 amide bonds. The van der Waals surface area contributed by atoms with Crippen molar-refractivity contribution in [2.24, 2.45) is 7.05 Å². The van der Waals surface area contributed by atoms with Gasteiger partial charge in [-0.05, 0) is 37.5 Å². The van der Waals surface area contributed by atoms with E-state index in [2.05, 4.69) is 91.9 Å². The number of aromatic nitrogens is 2. The van der Waals surface area contributed by atoms with Gasteiger partial charge in [-0.2, -0.15) is 0 Å². The van der Waals surface area contributed by atoms with Crippen molar-refractivity contribution >= 4 is 0 Å². The van der Waals surface area contributed by atoms with Gasteiger partial charge in [-0.1, -0.05) is 42.5 Å². The minimum atomic E-state index is 1.23. The molecule has 0 atom stereocenters. The summed E-state index contributed by atoms with van der Waals surface area (Å²) >= 11 is 0. The molecule has 3 aromatic rings. The van der Waals surface area contributed by atoms with E-state index in [1.807, 2.05) is 0 Å². The van der Waals surface area contributed by atoms with Gasteiger partial charge in [0.15, 0.2) is 5.69 Å². The molecule has 0 saturated carbocycles. The summed E-state index contributed by atoms with van der Waals surface area (Å²) in [5.74, 6) is 0. The summed E-state index contributed by atoms with van der Waals surface area (Å²) in [4.78, 5) is 0. The highest BCUT2D eigenvalue weighted by Crippen LogP contribution is 2.22. The minimum Gasteiger partial charge on any atom is -0.232 e. The summed E-state index contributed by atoms with van der Waals surface area (Å²) in [7, 11) is 2.10. The minimum absolute atomic E-state index is 1.23. The number of hydrogen-bond acceptors (Lipinski definition) is 0. The Morgan fingerprint density at radius 2 is 1.43 bits per heavy atom. The van der Waals surface area contributed by atoms with Crippen molar-refractivity contribution < 1.29 is 4.57 Å². The van der Waals surface area contributed by atoms with Gasteiger partial charge in [0, 0.05) is 5.56 Å². The van der Waals surface area contributed by atoms with Gasteiger partial charge >= 0.3 is 0 Å². The second-order valence-electron chi connectivity index (χ2n) is 5.70. The average Bonchev–Trinajstić information content (AvgIpc) is 2.81. The van der Waals surface area contributed by atoms with Crippen LogP contribution in [-0.2, 0) is 7.05 Å². The Kier molecular flexibility index (Phi) is 3.38. The van der Waals surface area contributed by atoms with Crippen molar-refractivity contribution in [3.05, 3.63) is 71.7 Å². The Morgan fingerprint density at radius 1 is 0.810 bits per heavy atom. The van der Waals surface area contributed by atoms with Crippen LogP contribution in [0, 0.1) is 20.8 Å². The number of imidazole rings is 1. The Morgan fingerprint density at radius 3 is 2.10 bits per heavy atom. The van der Waals surface area contributed by atoms with Gasteiger partial charge < -0.3 is 0 Å². The third-order valence-corrected chi connectivity index (χ3v) is 4.06. The van der Waals surface area contributed by atoms with Crippen LogP contribution in [0.15, 0.2) is 55.0 Å². The van der Waals surface area contributed by atoms with Crippen LogP contribution >= 0.6 is 0 Å². The van der Waals surface area contributed by atoms with Crippen molar-refractivity contribution in [3.8, 4) is 16.9 Å². The van der Waals surface area contributed by atoms with Crippen molar-refractivity contribution in [1.29, 1.82) is 0 Å². The first kappa shape index (κ1) is 13.6. The van der Waals surface area contributed by atoms with Crippen molar-refractivity contribution in [2.75, 3.05) is 0 Å². The first-order valence-electron chi connectivity index (χ1n) is 7.28. The van der Waals surface area contributed by atoms with Crippen molar-refractivity contribution in [3.63, 3.8) is 0 Å². The van der Waals surface area contributed by atoms with E-state index < -0.39 is 0 Å². The van der Waals surface area contributed by atoms with E-state index in [4.69, 9.17) is 0 Å². The van der Waals surface area contributed by atoms with Gasteiger partial charge in [0.1, 0.15) is 11.9 Å². The molecule has 0 aliphatic heterocycles. The third-order valence-electron chi connectivity index (χ3n) is 4.06. The predicted octanol–water partition coefficient (Wildman–Crippen LogP) is 3.89. The number of para-hydroxylation sites is 1. The quantitative estimate of drug-likeness (QED) is 0.628. The molecular weight excluding hydrogens is 256 g/mol. The maximum absolute atomic E-state index is 2.23. The second kappa shape index (κ2) is 5.21. The Labute approximate surface area is 126 Å². The van der Waals surface area contributed by atoms with E-state index in [0.717, 1.165) is 0 Å². The highest BCUT2D eigenvalue weighted by molar-refractivity contribution is 5.62. The van der Waals surface area contributed by atoms with Gasteiger partial charge in [0.25, 0.3) is 0 Å². The number of nitrogens with zero attached hydrogens (tertiary/aromatic N) is 2. The Bertz CT molecular complexity index is 777. The fraction of sp³-hybridized carbons (Fsp3) is 0.211. The summed E-state index contributed by atoms with van der Waals surface area (Å²) < 4.78 is 4.42. The molecule has 0 aliphatic carbocycles. The van der Waals surface area contributed by atoms with Gasteiger partial charge in [-0.3, -0.25) is 0 Å². The maximum atomic E-state index is 2.23. The molecule has 0 spiro atoms. The zero-order chi connectivity index (χ0) is 15.0. The van der Waals surface area contributed by atoms with E-state index in [1.54, 1.807) is 0 Å². The molecule has 0 aliphatic rings. The van der Waals surface area contributed by atoms with Crippen LogP contribution in [0.3, 0.4) is 0 Å². The lowest BCUT2D eigenvalue weighted by Gasteiger charge is -2.04. The average molecular weight is 277 g/mol. The molecule has 1 aromatic heterocycles. The lowest BCUT2D eigenvalue weighted by atomic mass is 10.1. The molecule has 0 unspecified atom stereocenters. The molecule has 0 radical (unpaired) electrons. The summed E-state index contributed by atoms with van der Waals surface area (Å²) in [5, 5.41) is 0. The van der Waals surface area contributed by atoms with E-state index in [9.17, 15) is 0 Å². The van der Waals surface area contributed by atoms with Gasteiger partial charge in [-0.15, -0.1) is 0 Å². The molecule has 21 heavy (non-hydrogen) atoms. The lowest BCUT2D eigenvalue weighted by Crippen LogP contribution is -2.29. The molecule has 0 N–H and O–H groups in total. The zero-order valence-electron chi connectivity index (χ0n) is 13.1. The molecule has 2 aromatic carbocycles. The van der Waals surface area contributed by atoms with Crippen LogP contribution in [0.4, 0.5) is 0 Å². The Balaban J connectivity index is 2.17. The monoisotopic (exact) mass is 277 g/mol.